The lowest BCUT2D eigenvalue weighted by atomic mass is 10.1. The maximum absolute atomic E-state index is 12.2. The SMILES string of the molecule is Cc1noc(NC(=O)c2cc(Cl)nc(C(C)C)c2)c1C. The molecule has 0 aliphatic carbocycles. The van der Waals surface area contributed by atoms with Gasteiger partial charge < -0.3 is 4.52 Å². The van der Waals surface area contributed by atoms with E-state index in [0.717, 1.165) is 17.0 Å². The number of pyridine rings is 1. The smallest absolute Gasteiger partial charge is 0.258 e. The Balaban J connectivity index is 2.27. The fraction of sp³-hybridized carbons (Fsp3) is 0.357. The Labute approximate surface area is 122 Å². The summed E-state index contributed by atoms with van der Waals surface area (Å²) in [6, 6.07) is 3.26. The number of amides is 1. The molecule has 0 atom stereocenters. The third kappa shape index (κ3) is 2.99. The molecule has 0 radical (unpaired) electrons. The second-order valence-corrected chi connectivity index (χ2v) is 5.32. The fourth-order valence-corrected chi connectivity index (χ4v) is 1.87. The van der Waals surface area contributed by atoms with Crippen molar-refractivity contribution in [1.29, 1.82) is 0 Å². The maximum atomic E-state index is 12.2. The summed E-state index contributed by atoms with van der Waals surface area (Å²) in [6.45, 7) is 7.63. The van der Waals surface area contributed by atoms with E-state index in [4.69, 9.17) is 16.1 Å². The first-order chi connectivity index (χ1) is 9.38. The van der Waals surface area contributed by atoms with Crippen LogP contribution in [0.2, 0.25) is 5.15 Å². The lowest BCUT2D eigenvalue weighted by Crippen LogP contribution is -2.13. The van der Waals surface area contributed by atoms with Crippen LogP contribution in [0.5, 0.6) is 0 Å². The van der Waals surface area contributed by atoms with Crippen LogP contribution in [-0.4, -0.2) is 16.0 Å². The number of carbonyl (C=O) groups is 1. The summed E-state index contributed by atoms with van der Waals surface area (Å²) in [6.07, 6.45) is 0. The van der Waals surface area contributed by atoms with Gasteiger partial charge in [0.2, 0.25) is 5.88 Å². The van der Waals surface area contributed by atoms with Crippen LogP contribution >= 0.6 is 11.6 Å². The first-order valence-corrected chi connectivity index (χ1v) is 6.68. The predicted molar refractivity (Wildman–Crippen MR) is 77.3 cm³/mol. The van der Waals surface area contributed by atoms with Gasteiger partial charge in [-0.25, -0.2) is 4.98 Å². The van der Waals surface area contributed by atoms with Gasteiger partial charge in [-0.3, -0.25) is 10.1 Å². The molecule has 1 N–H and O–H groups in total. The molecular weight excluding hydrogens is 278 g/mol. The molecule has 106 valence electrons. The topological polar surface area (TPSA) is 68.0 Å². The molecule has 1 amide bonds. The molecule has 0 aliphatic heterocycles. The van der Waals surface area contributed by atoms with Crippen LogP contribution < -0.4 is 5.32 Å². The molecule has 0 aromatic carbocycles. The maximum Gasteiger partial charge on any atom is 0.258 e. The lowest BCUT2D eigenvalue weighted by Gasteiger charge is -2.08. The highest BCUT2D eigenvalue weighted by Crippen LogP contribution is 2.21. The average molecular weight is 294 g/mol. The Morgan fingerprint density at radius 2 is 2.05 bits per heavy atom. The van der Waals surface area contributed by atoms with Gasteiger partial charge >= 0.3 is 0 Å². The van der Waals surface area contributed by atoms with Crippen molar-refractivity contribution in [3.63, 3.8) is 0 Å². The Morgan fingerprint density at radius 1 is 1.35 bits per heavy atom. The second-order valence-electron chi connectivity index (χ2n) is 4.93. The van der Waals surface area contributed by atoms with Crippen LogP contribution in [0.25, 0.3) is 0 Å². The Bertz CT molecular complexity index is 650. The van der Waals surface area contributed by atoms with E-state index in [2.05, 4.69) is 15.5 Å². The third-order valence-electron chi connectivity index (χ3n) is 3.05. The zero-order valence-electron chi connectivity index (χ0n) is 11.8. The van der Waals surface area contributed by atoms with E-state index in [1.54, 1.807) is 6.07 Å². The normalized spacial score (nSPS) is 10.9. The molecule has 0 saturated carbocycles. The number of nitrogens with zero attached hydrogens (tertiary/aromatic N) is 2. The summed E-state index contributed by atoms with van der Waals surface area (Å²) >= 11 is 5.95. The molecule has 0 aliphatic rings. The number of rotatable bonds is 3. The van der Waals surface area contributed by atoms with Crippen LogP contribution in [-0.2, 0) is 0 Å². The fourth-order valence-electron chi connectivity index (χ4n) is 1.65. The minimum absolute atomic E-state index is 0.189. The standard InChI is InChI=1S/C14H16ClN3O2/c1-7(2)11-5-10(6-12(15)16-11)13(19)17-14-8(3)9(4)18-20-14/h5-7H,1-4H3,(H,17,19). The number of hydrogen-bond donors (Lipinski definition) is 1. The van der Waals surface area contributed by atoms with Crippen LogP contribution in [0.1, 0.15) is 47.1 Å². The Kier molecular flexibility index (Phi) is 4.09. The summed E-state index contributed by atoms with van der Waals surface area (Å²) in [5, 5.41) is 6.78. The molecule has 6 heteroatoms. The van der Waals surface area contributed by atoms with Crippen molar-refractivity contribution in [1.82, 2.24) is 10.1 Å². The molecule has 5 nitrogen and oxygen atoms in total. The number of hydrogen-bond acceptors (Lipinski definition) is 4. The van der Waals surface area contributed by atoms with Gasteiger partial charge in [0.25, 0.3) is 5.91 Å². The highest BCUT2D eigenvalue weighted by molar-refractivity contribution is 6.29. The van der Waals surface area contributed by atoms with Crippen LogP contribution in [0.3, 0.4) is 0 Å². The van der Waals surface area contributed by atoms with Crippen molar-refractivity contribution in [2.75, 3.05) is 5.32 Å². The van der Waals surface area contributed by atoms with E-state index in [0.29, 0.717) is 16.6 Å². The molecule has 2 heterocycles. The molecule has 2 rings (SSSR count). The first kappa shape index (κ1) is 14.5. The minimum atomic E-state index is -0.296. The average Bonchev–Trinajstić information content (AvgIpc) is 2.70. The molecule has 2 aromatic rings. The summed E-state index contributed by atoms with van der Waals surface area (Å²) in [5.74, 6) is 0.247. The summed E-state index contributed by atoms with van der Waals surface area (Å²) in [5.41, 5.74) is 2.77. The Morgan fingerprint density at radius 3 is 2.60 bits per heavy atom. The van der Waals surface area contributed by atoms with Crippen molar-refractivity contribution in [2.45, 2.75) is 33.6 Å². The summed E-state index contributed by atoms with van der Waals surface area (Å²) in [7, 11) is 0. The predicted octanol–water partition coefficient (Wildman–Crippen LogP) is 3.72. The molecule has 20 heavy (non-hydrogen) atoms. The van der Waals surface area contributed by atoms with E-state index in [1.807, 2.05) is 27.7 Å². The third-order valence-corrected chi connectivity index (χ3v) is 3.25. The molecule has 0 saturated heterocycles. The van der Waals surface area contributed by atoms with Crippen molar-refractivity contribution >= 4 is 23.4 Å². The van der Waals surface area contributed by atoms with Gasteiger partial charge in [0, 0.05) is 16.8 Å². The van der Waals surface area contributed by atoms with E-state index < -0.39 is 0 Å². The van der Waals surface area contributed by atoms with Gasteiger partial charge in [0.05, 0.1) is 5.69 Å². The monoisotopic (exact) mass is 293 g/mol. The summed E-state index contributed by atoms with van der Waals surface area (Å²) < 4.78 is 5.06. The lowest BCUT2D eigenvalue weighted by molar-refractivity contribution is 0.102. The largest absolute Gasteiger partial charge is 0.338 e. The van der Waals surface area contributed by atoms with Crippen LogP contribution in [0, 0.1) is 13.8 Å². The van der Waals surface area contributed by atoms with Gasteiger partial charge in [0.1, 0.15) is 5.15 Å². The number of halogens is 1. The first-order valence-electron chi connectivity index (χ1n) is 6.30. The van der Waals surface area contributed by atoms with Crippen molar-refractivity contribution in [3.05, 3.63) is 39.8 Å². The van der Waals surface area contributed by atoms with Crippen LogP contribution in [0.4, 0.5) is 5.88 Å². The number of anilines is 1. The molecule has 0 bridgehead atoms. The van der Waals surface area contributed by atoms with Gasteiger partial charge in [-0.2, -0.15) is 0 Å². The van der Waals surface area contributed by atoms with E-state index in [1.165, 1.54) is 6.07 Å². The molecular formula is C14H16ClN3O2. The molecule has 0 unspecified atom stereocenters. The van der Waals surface area contributed by atoms with Crippen molar-refractivity contribution in [3.8, 4) is 0 Å². The number of carbonyl (C=O) groups excluding carboxylic acids is 1. The molecule has 2 aromatic heterocycles. The highest BCUT2D eigenvalue weighted by Gasteiger charge is 2.15. The zero-order valence-corrected chi connectivity index (χ0v) is 12.6. The van der Waals surface area contributed by atoms with E-state index in [-0.39, 0.29) is 11.8 Å². The zero-order chi connectivity index (χ0) is 14.9. The summed E-state index contributed by atoms with van der Waals surface area (Å²) in [4.78, 5) is 16.4. The number of nitrogens with one attached hydrogen (secondary N) is 1. The highest BCUT2D eigenvalue weighted by atomic mass is 35.5. The molecule has 0 spiro atoms. The van der Waals surface area contributed by atoms with Crippen molar-refractivity contribution < 1.29 is 9.32 Å². The van der Waals surface area contributed by atoms with Crippen LogP contribution in [0.15, 0.2) is 16.7 Å². The quantitative estimate of drug-likeness (QED) is 0.876. The van der Waals surface area contributed by atoms with Gasteiger partial charge in [0.15, 0.2) is 0 Å². The van der Waals surface area contributed by atoms with E-state index >= 15 is 0 Å². The van der Waals surface area contributed by atoms with Gasteiger partial charge in [-0.05, 0) is 31.9 Å². The minimum Gasteiger partial charge on any atom is -0.338 e. The van der Waals surface area contributed by atoms with E-state index in [9.17, 15) is 4.79 Å². The van der Waals surface area contributed by atoms with Crippen molar-refractivity contribution in [2.24, 2.45) is 0 Å². The number of aryl methyl sites for hydroxylation is 1. The van der Waals surface area contributed by atoms with Gasteiger partial charge in [-0.15, -0.1) is 0 Å². The Hall–Kier alpha value is -1.88. The number of aromatic nitrogens is 2. The van der Waals surface area contributed by atoms with Gasteiger partial charge in [-0.1, -0.05) is 30.6 Å². The second kappa shape index (κ2) is 5.63. The molecule has 0 fully saturated rings.